The molecular weight excluding hydrogens is 612 g/mol. The fourth-order valence-electron chi connectivity index (χ4n) is 7.64. The average Bonchev–Trinajstić information content (AvgIpc) is 3.66. The van der Waals surface area contributed by atoms with Gasteiger partial charge in [-0.1, -0.05) is 73.5 Å². The van der Waals surface area contributed by atoms with Gasteiger partial charge in [0, 0.05) is 17.3 Å². The molecule has 7 heteroatoms. The van der Waals surface area contributed by atoms with Gasteiger partial charge in [0.15, 0.2) is 0 Å². The molecule has 3 aliphatic rings. The van der Waals surface area contributed by atoms with E-state index in [9.17, 15) is 14.7 Å². The quantitative estimate of drug-likeness (QED) is 0.117. The molecule has 0 bridgehead atoms. The lowest BCUT2D eigenvalue weighted by atomic mass is 9.69. The van der Waals surface area contributed by atoms with E-state index in [-0.39, 0.29) is 29.6 Å². The topological polar surface area (TPSA) is 88.1 Å². The van der Waals surface area contributed by atoms with Gasteiger partial charge in [0.1, 0.15) is 18.1 Å². The van der Waals surface area contributed by atoms with Crippen LogP contribution >= 0.6 is 0 Å². The molecule has 2 N–H and O–H groups in total. The number of carbonyl (C=O) groups is 2. The first-order valence-electron chi connectivity index (χ1n) is 17.3. The number of hydrogen-bond donors (Lipinski definition) is 2. The summed E-state index contributed by atoms with van der Waals surface area (Å²) in [7, 11) is 0. The Morgan fingerprint density at radius 1 is 0.857 bits per heavy atom. The van der Waals surface area contributed by atoms with Crippen molar-refractivity contribution in [1.82, 2.24) is 0 Å². The molecule has 7 rings (SSSR count). The van der Waals surface area contributed by atoms with Crippen molar-refractivity contribution in [2.24, 2.45) is 17.8 Å². The summed E-state index contributed by atoms with van der Waals surface area (Å²) in [5.41, 5.74) is 7.02. The number of amides is 2. The lowest BCUT2D eigenvalue weighted by Crippen LogP contribution is -2.35. The summed E-state index contributed by atoms with van der Waals surface area (Å²) < 4.78 is 12.8. The third-order valence-corrected chi connectivity index (χ3v) is 9.91. The molecular formula is C42H42N2O5. The first-order chi connectivity index (χ1) is 24.0. The second-order valence-corrected chi connectivity index (χ2v) is 13.2. The minimum absolute atomic E-state index is 0.146. The van der Waals surface area contributed by atoms with Crippen molar-refractivity contribution in [2.75, 3.05) is 23.4 Å². The number of para-hydroxylation sites is 2. The fraction of sp³-hybridized carbons (Fsp3) is 0.286. The predicted molar refractivity (Wildman–Crippen MR) is 193 cm³/mol. The van der Waals surface area contributed by atoms with E-state index in [4.69, 9.17) is 9.47 Å². The number of phenolic OH excluding ortho intramolecular Hbond substituents is 1. The Kier molecular flexibility index (Phi) is 9.62. The van der Waals surface area contributed by atoms with E-state index in [1.54, 1.807) is 12.1 Å². The van der Waals surface area contributed by atoms with Gasteiger partial charge < -0.3 is 19.9 Å². The second-order valence-electron chi connectivity index (χ2n) is 13.2. The number of anilines is 3. The molecule has 0 unspecified atom stereocenters. The van der Waals surface area contributed by atoms with Crippen LogP contribution in [0.4, 0.5) is 17.1 Å². The number of nitrogens with one attached hydrogen (secondary N) is 1. The molecule has 2 heterocycles. The Labute approximate surface area is 287 Å². The molecule has 49 heavy (non-hydrogen) atoms. The highest BCUT2D eigenvalue weighted by Gasteiger charge is 2.57. The minimum Gasteiger partial charge on any atom is -0.508 e. The highest BCUT2D eigenvalue weighted by Crippen LogP contribution is 2.50. The van der Waals surface area contributed by atoms with E-state index in [0.29, 0.717) is 25.3 Å². The largest absolute Gasteiger partial charge is 0.508 e. The summed E-state index contributed by atoms with van der Waals surface area (Å²) in [6, 6.07) is 34.4. The fourth-order valence-corrected chi connectivity index (χ4v) is 7.64. The van der Waals surface area contributed by atoms with Gasteiger partial charge >= 0.3 is 0 Å². The van der Waals surface area contributed by atoms with E-state index in [1.165, 1.54) is 10.5 Å². The number of ether oxygens (including phenoxy) is 2. The molecule has 0 aromatic heterocycles. The van der Waals surface area contributed by atoms with Gasteiger partial charge in [-0.25, -0.2) is 0 Å². The number of carbonyl (C=O) groups excluding carboxylic acids is 2. The van der Waals surface area contributed by atoms with Crippen LogP contribution in [0.1, 0.15) is 44.6 Å². The van der Waals surface area contributed by atoms with Crippen molar-refractivity contribution in [1.29, 1.82) is 0 Å². The van der Waals surface area contributed by atoms with Crippen molar-refractivity contribution in [3.8, 4) is 11.5 Å². The van der Waals surface area contributed by atoms with Crippen LogP contribution in [-0.4, -0.2) is 36.2 Å². The van der Waals surface area contributed by atoms with Gasteiger partial charge in [-0.2, -0.15) is 0 Å². The Bertz CT molecular complexity index is 1830. The van der Waals surface area contributed by atoms with Crippen molar-refractivity contribution >= 4 is 35.0 Å². The molecule has 4 atom stereocenters. The summed E-state index contributed by atoms with van der Waals surface area (Å²) in [4.78, 5) is 29.6. The Morgan fingerprint density at radius 2 is 1.55 bits per heavy atom. The molecule has 0 saturated carbocycles. The zero-order valence-electron chi connectivity index (χ0n) is 27.8. The molecule has 0 spiro atoms. The van der Waals surface area contributed by atoms with Gasteiger partial charge in [-0.15, -0.1) is 0 Å². The summed E-state index contributed by atoms with van der Waals surface area (Å²) in [6.45, 7) is 2.94. The van der Waals surface area contributed by atoms with Crippen molar-refractivity contribution in [2.45, 2.75) is 45.1 Å². The smallest absolute Gasteiger partial charge is 0.238 e. The monoisotopic (exact) mass is 654 g/mol. The van der Waals surface area contributed by atoms with Crippen molar-refractivity contribution in [3.05, 3.63) is 131 Å². The van der Waals surface area contributed by atoms with E-state index in [1.807, 2.05) is 97.1 Å². The van der Waals surface area contributed by atoms with E-state index < -0.39 is 11.8 Å². The molecule has 2 saturated heterocycles. The number of imide groups is 1. The lowest BCUT2D eigenvalue weighted by Gasteiger charge is -2.31. The maximum atomic E-state index is 14.2. The number of phenols is 1. The number of nitrogens with zero attached hydrogens (tertiary/aromatic N) is 1. The Hall–Kier alpha value is -5.14. The number of hydrogen-bond acceptors (Lipinski definition) is 6. The van der Waals surface area contributed by atoms with Crippen molar-refractivity contribution < 1.29 is 24.2 Å². The van der Waals surface area contributed by atoms with Crippen LogP contribution in [0, 0.1) is 17.8 Å². The van der Waals surface area contributed by atoms with Gasteiger partial charge in [0.05, 0.1) is 30.2 Å². The maximum absolute atomic E-state index is 14.2. The number of fused-ring (bicyclic) bond motifs is 3. The zero-order chi connectivity index (χ0) is 33.7. The van der Waals surface area contributed by atoms with Crippen molar-refractivity contribution in [3.63, 3.8) is 0 Å². The minimum atomic E-state index is -0.460. The molecule has 250 valence electrons. The second kappa shape index (κ2) is 14.5. The third-order valence-electron chi connectivity index (χ3n) is 9.91. The van der Waals surface area contributed by atoms with Gasteiger partial charge in [-0.3, -0.25) is 14.5 Å². The van der Waals surface area contributed by atoms with Crippen LogP contribution < -0.4 is 15.0 Å². The van der Waals surface area contributed by atoms with Crippen LogP contribution in [0.5, 0.6) is 11.5 Å². The first-order valence-corrected chi connectivity index (χ1v) is 17.3. The van der Waals surface area contributed by atoms with Crippen LogP contribution in [0.2, 0.25) is 0 Å². The molecule has 2 amide bonds. The summed E-state index contributed by atoms with van der Waals surface area (Å²) in [5, 5.41) is 13.1. The highest BCUT2D eigenvalue weighted by molar-refractivity contribution is 6.22. The van der Waals surface area contributed by atoms with E-state index in [2.05, 4.69) is 18.3 Å². The highest BCUT2D eigenvalue weighted by atomic mass is 16.5. The van der Waals surface area contributed by atoms with Crippen LogP contribution in [0.25, 0.3) is 6.08 Å². The average molecular weight is 655 g/mol. The molecule has 2 aliphatic heterocycles. The predicted octanol–water partition coefficient (Wildman–Crippen LogP) is 8.70. The van der Waals surface area contributed by atoms with Gasteiger partial charge in [-0.05, 0) is 103 Å². The van der Waals surface area contributed by atoms with Gasteiger partial charge in [0.25, 0.3) is 0 Å². The van der Waals surface area contributed by atoms with Gasteiger partial charge in [0.2, 0.25) is 11.8 Å². The van der Waals surface area contributed by atoms with E-state index in [0.717, 1.165) is 59.5 Å². The van der Waals surface area contributed by atoms with Crippen LogP contribution in [0.3, 0.4) is 0 Å². The third kappa shape index (κ3) is 7.03. The SMILES string of the molecule is CCC/C(=C\c1ccc(O)cc1)CC[C@H]1OC[C@H]2C1=C(COc1ccccc1)C[C@H]1C(=O)N(c3ccc(Nc4ccccc4)cc3)C(=O)[C@H]12. The molecule has 7 nitrogen and oxygen atoms in total. The lowest BCUT2D eigenvalue weighted by molar-refractivity contribution is -0.122. The normalized spacial score (nSPS) is 21.9. The number of benzene rings is 4. The molecule has 1 aliphatic carbocycles. The molecule has 4 aromatic carbocycles. The Balaban J connectivity index is 1.13. The summed E-state index contributed by atoms with van der Waals surface area (Å²) >= 11 is 0. The maximum Gasteiger partial charge on any atom is 0.238 e. The van der Waals surface area contributed by atoms with Crippen LogP contribution in [0.15, 0.2) is 126 Å². The standard InChI is InChI=1S/C42H42N2O5/c1-2-9-28(24-29-14-21-34(45)22-15-29)16-23-38-39-30(26-48-35-12-7-4-8-13-35)25-36-40(37(39)27-49-38)42(47)44(41(36)46)33-19-17-32(18-20-33)43-31-10-5-3-6-11-31/h3-8,10-15,17-22,24,36-38,40,43,45H,2,9,16,23,25-27H2,1H3/b28-24+/t36-,37+,38-,40-/m1/s1. The number of aromatic hydroxyl groups is 1. The number of allylic oxidation sites excluding steroid dienone is 1. The number of rotatable bonds is 12. The first kappa shape index (κ1) is 32.4. The zero-order valence-corrected chi connectivity index (χ0v) is 27.8. The molecule has 4 aromatic rings. The molecule has 0 radical (unpaired) electrons. The summed E-state index contributed by atoms with van der Waals surface area (Å²) in [6.07, 6.45) is 6.15. The molecule has 2 fully saturated rings. The Morgan fingerprint density at radius 3 is 2.27 bits per heavy atom. The van der Waals surface area contributed by atoms with E-state index >= 15 is 0 Å². The van der Waals surface area contributed by atoms with Crippen LogP contribution in [-0.2, 0) is 14.3 Å². The summed E-state index contributed by atoms with van der Waals surface area (Å²) in [5.74, 6) is -0.361.